The van der Waals surface area contributed by atoms with Crippen LogP contribution in [0.25, 0.3) is 5.69 Å². The van der Waals surface area contributed by atoms with Crippen LogP contribution in [0.15, 0.2) is 36.5 Å². The minimum Gasteiger partial charge on any atom is -0.497 e. The molecule has 0 atom stereocenters. The topological polar surface area (TPSA) is 44.1 Å². The molecule has 0 spiro atoms. The van der Waals surface area contributed by atoms with Crippen LogP contribution >= 0.6 is 0 Å². The fourth-order valence-corrected chi connectivity index (χ4v) is 1.28. The van der Waals surface area contributed by atoms with Crippen LogP contribution in [0.5, 0.6) is 5.75 Å². The molecule has 0 saturated carbocycles. The quantitative estimate of drug-likeness (QED) is 0.711. The number of methoxy groups -OCH3 is 1. The lowest BCUT2D eigenvalue weighted by Crippen LogP contribution is -1.95. The van der Waals surface area contributed by atoms with E-state index in [2.05, 4.69) is 5.10 Å². The molecule has 1 aromatic carbocycles. The molecule has 2 aromatic rings. The number of aldehydes is 1. The zero-order valence-corrected chi connectivity index (χ0v) is 8.25. The van der Waals surface area contributed by atoms with Gasteiger partial charge in [-0.25, -0.2) is 4.68 Å². The van der Waals surface area contributed by atoms with Gasteiger partial charge in [-0.3, -0.25) is 4.79 Å². The second kappa shape index (κ2) is 3.96. The summed E-state index contributed by atoms with van der Waals surface area (Å²) in [5.41, 5.74) is 1.31. The lowest BCUT2D eigenvalue weighted by molar-refractivity contribution is 0.111. The molecule has 0 aliphatic heterocycles. The maximum atomic E-state index is 10.5. The molecular weight excluding hydrogens is 192 g/mol. The van der Waals surface area contributed by atoms with Gasteiger partial charge in [0.05, 0.1) is 12.8 Å². The van der Waals surface area contributed by atoms with Gasteiger partial charge < -0.3 is 4.74 Å². The highest BCUT2D eigenvalue weighted by Gasteiger charge is 1.99. The van der Waals surface area contributed by atoms with E-state index in [1.807, 2.05) is 24.3 Å². The first-order valence-electron chi connectivity index (χ1n) is 4.49. The smallest absolute Gasteiger partial charge is 0.170 e. The van der Waals surface area contributed by atoms with E-state index < -0.39 is 0 Å². The van der Waals surface area contributed by atoms with Crippen molar-refractivity contribution in [2.24, 2.45) is 0 Å². The average molecular weight is 202 g/mol. The molecule has 1 aromatic heterocycles. The number of hydrogen-bond acceptors (Lipinski definition) is 3. The van der Waals surface area contributed by atoms with Gasteiger partial charge in [-0.05, 0) is 30.3 Å². The summed E-state index contributed by atoms with van der Waals surface area (Å²) in [4.78, 5) is 10.5. The molecule has 0 aliphatic carbocycles. The summed E-state index contributed by atoms with van der Waals surface area (Å²) in [5.74, 6) is 0.793. The zero-order chi connectivity index (χ0) is 10.7. The molecule has 2 rings (SSSR count). The first-order chi connectivity index (χ1) is 7.33. The summed E-state index contributed by atoms with van der Waals surface area (Å²) >= 11 is 0. The zero-order valence-electron chi connectivity index (χ0n) is 8.25. The molecule has 1 heterocycles. The van der Waals surface area contributed by atoms with Crippen LogP contribution in [0.1, 0.15) is 10.5 Å². The van der Waals surface area contributed by atoms with Gasteiger partial charge in [-0.1, -0.05) is 0 Å². The Balaban J connectivity index is 2.32. The minimum absolute atomic E-state index is 0.422. The highest BCUT2D eigenvalue weighted by molar-refractivity contribution is 5.71. The van der Waals surface area contributed by atoms with Crippen molar-refractivity contribution in [3.8, 4) is 11.4 Å². The molecule has 15 heavy (non-hydrogen) atoms. The fourth-order valence-electron chi connectivity index (χ4n) is 1.28. The van der Waals surface area contributed by atoms with Crippen molar-refractivity contribution in [1.29, 1.82) is 0 Å². The van der Waals surface area contributed by atoms with E-state index in [9.17, 15) is 4.79 Å². The van der Waals surface area contributed by atoms with Crippen molar-refractivity contribution in [3.05, 3.63) is 42.2 Å². The van der Waals surface area contributed by atoms with Crippen LogP contribution in [0.4, 0.5) is 0 Å². The minimum atomic E-state index is 0.422. The number of carbonyl (C=O) groups is 1. The number of rotatable bonds is 3. The van der Waals surface area contributed by atoms with E-state index in [1.54, 1.807) is 24.1 Å². The second-order valence-electron chi connectivity index (χ2n) is 3.00. The third-order valence-electron chi connectivity index (χ3n) is 2.07. The van der Waals surface area contributed by atoms with Crippen LogP contribution in [0, 0.1) is 0 Å². The Kier molecular flexibility index (Phi) is 2.49. The molecule has 0 unspecified atom stereocenters. The third kappa shape index (κ3) is 1.88. The Labute approximate surface area is 87.1 Å². The SMILES string of the molecule is COc1ccc(-n2ccc(C=O)n2)cc1. The van der Waals surface area contributed by atoms with Crippen molar-refractivity contribution < 1.29 is 9.53 Å². The van der Waals surface area contributed by atoms with E-state index in [4.69, 9.17) is 4.74 Å². The maximum Gasteiger partial charge on any atom is 0.170 e. The lowest BCUT2D eigenvalue weighted by Gasteiger charge is -2.02. The molecule has 4 nitrogen and oxygen atoms in total. The molecule has 0 bridgehead atoms. The maximum absolute atomic E-state index is 10.5. The van der Waals surface area contributed by atoms with Crippen LogP contribution in [-0.2, 0) is 0 Å². The first-order valence-corrected chi connectivity index (χ1v) is 4.49. The number of carbonyl (C=O) groups excluding carboxylic acids is 1. The largest absolute Gasteiger partial charge is 0.497 e. The van der Waals surface area contributed by atoms with E-state index >= 15 is 0 Å². The van der Waals surface area contributed by atoms with Gasteiger partial charge in [0.25, 0.3) is 0 Å². The second-order valence-corrected chi connectivity index (χ2v) is 3.00. The highest BCUT2D eigenvalue weighted by atomic mass is 16.5. The van der Waals surface area contributed by atoms with E-state index in [0.29, 0.717) is 5.69 Å². The molecule has 4 heteroatoms. The van der Waals surface area contributed by atoms with Crippen LogP contribution < -0.4 is 4.74 Å². The van der Waals surface area contributed by atoms with Crippen LogP contribution in [0.3, 0.4) is 0 Å². The number of ether oxygens (including phenoxy) is 1. The van der Waals surface area contributed by atoms with Gasteiger partial charge in [0.1, 0.15) is 11.4 Å². The average Bonchev–Trinajstić information content (AvgIpc) is 2.78. The van der Waals surface area contributed by atoms with Crippen molar-refractivity contribution in [2.45, 2.75) is 0 Å². The van der Waals surface area contributed by atoms with Crippen molar-refractivity contribution in [1.82, 2.24) is 9.78 Å². The van der Waals surface area contributed by atoms with Crippen LogP contribution in [0.2, 0.25) is 0 Å². The van der Waals surface area contributed by atoms with Crippen LogP contribution in [-0.4, -0.2) is 23.2 Å². The van der Waals surface area contributed by atoms with Gasteiger partial charge in [0.15, 0.2) is 6.29 Å². The van der Waals surface area contributed by atoms with E-state index in [0.717, 1.165) is 17.7 Å². The molecule has 0 saturated heterocycles. The van der Waals surface area contributed by atoms with Gasteiger partial charge in [0.2, 0.25) is 0 Å². The van der Waals surface area contributed by atoms with Gasteiger partial charge in [-0.2, -0.15) is 5.10 Å². The predicted molar refractivity (Wildman–Crippen MR) is 55.5 cm³/mol. The molecule has 0 radical (unpaired) electrons. The molecule has 0 aliphatic rings. The lowest BCUT2D eigenvalue weighted by atomic mass is 10.3. The van der Waals surface area contributed by atoms with Gasteiger partial charge in [0, 0.05) is 6.20 Å². The number of aromatic nitrogens is 2. The summed E-state index contributed by atoms with van der Waals surface area (Å²) in [6.07, 6.45) is 2.46. The Bertz CT molecular complexity index is 460. The monoisotopic (exact) mass is 202 g/mol. The molecular formula is C11H10N2O2. The number of nitrogens with zero attached hydrogens (tertiary/aromatic N) is 2. The summed E-state index contributed by atoms with van der Waals surface area (Å²) in [6.45, 7) is 0. The normalized spacial score (nSPS) is 9.93. The molecule has 0 fully saturated rings. The van der Waals surface area contributed by atoms with Crippen molar-refractivity contribution >= 4 is 6.29 Å². The van der Waals surface area contributed by atoms with Gasteiger partial charge in [-0.15, -0.1) is 0 Å². The van der Waals surface area contributed by atoms with Crippen molar-refractivity contribution in [3.63, 3.8) is 0 Å². The predicted octanol–water partition coefficient (Wildman–Crippen LogP) is 1.69. The Hall–Kier alpha value is -2.10. The van der Waals surface area contributed by atoms with E-state index in [-0.39, 0.29) is 0 Å². The summed E-state index contributed by atoms with van der Waals surface area (Å²) in [5, 5.41) is 4.06. The summed E-state index contributed by atoms with van der Waals surface area (Å²) < 4.78 is 6.69. The first kappa shape index (κ1) is 9.45. The number of benzene rings is 1. The van der Waals surface area contributed by atoms with E-state index in [1.165, 1.54) is 0 Å². The Morgan fingerprint density at radius 2 is 2.00 bits per heavy atom. The highest BCUT2D eigenvalue weighted by Crippen LogP contribution is 2.14. The van der Waals surface area contributed by atoms with Gasteiger partial charge >= 0.3 is 0 Å². The molecule has 76 valence electrons. The molecule has 0 amide bonds. The number of hydrogen-bond donors (Lipinski definition) is 0. The fraction of sp³-hybridized carbons (Fsp3) is 0.0909. The third-order valence-corrected chi connectivity index (χ3v) is 2.07. The summed E-state index contributed by atoms with van der Waals surface area (Å²) in [6, 6.07) is 9.10. The Morgan fingerprint density at radius 3 is 2.53 bits per heavy atom. The van der Waals surface area contributed by atoms with Crippen molar-refractivity contribution in [2.75, 3.05) is 7.11 Å². The summed E-state index contributed by atoms with van der Waals surface area (Å²) in [7, 11) is 1.62. The standard InChI is InChI=1S/C11H10N2O2/c1-15-11-4-2-10(3-5-11)13-7-6-9(8-14)12-13/h2-8H,1H3. The Morgan fingerprint density at radius 1 is 1.27 bits per heavy atom. The molecule has 0 N–H and O–H groups in total.